The van der Waals surface area contributed by atoms with Crippen molar-refractivity contribution >= 4 is 12.1 Å². The summed E-state index contributed by atoms with van der Waals surface area (Å²) in [5.41, 5.74) is -0.441. The third-order valence-corrected chi connectivity index (χ3v) is 13.0. The normalized spacial score (nSPS) is 35.9. The molecular weight excluding hydrogens is 787 g/mol. The fraction of sp³-hybridized carbons (Fsp3) is 0.810. The van der Waals surface area contributed by atoms with Crippen molar-refractivity contribution in [2.75, 3.05) is 33.2 Å². The van der Waals surface area contributed by atoms with E-state index in [1.54, 1.807) is 17.9 Å². The summed E-state index contributed by atoms with van der Waals surface area (Å²) < 4.78 is 19.0. The first-order valence-electron chi connectivity index (χ1n) is 20.3. The second kappa shape index (κ2) is 18.6. The lowest BCUT2D eigenvalue weighted by molar-refractivity contribution is -0.991. The highest BCUT2D eigenvalue weighted by Gasteiger charge is 2.63. The van der Waals surface area contributed by atoms with Gasteiger partial charge in [-0.15, -0.1) is 0 Å². The van der Waals surface area contributed by atoms with E-state index in [2.05, 4.69) is 20.0 Å². The molecule has 11 heteroatoms. The molecule has 1 spiro atoms. The molecule has 0 bridgehead atoms. The van der Waals surface area contributed by atoms with Crippen LogP contribution < -0.4 is 24.0 Å². The molecule has 0 unspecified atom stereocenters. The van der Waals surface area contributed by atoms with Crippen LogP contribution in [0.25, 0.3) is 0 Å². The maximum atomic E-state index is 13.5. The molecule has 1 saturated carbocycles. The van der Waals surface area contributed by atoms with Gasteiger partial charge in [0, 0.05) is 24.9 Å². The highest BCUT2D eigenvalue weighted by atomic mass is 127. The molecule has 10 atom stereocenters. The summed E-state index contributed by atoms with van der Waals surface area (Å²) in [6, 6.07) is 0.732. The number of carbonyl (C=O) groups excluding carboxylic acids is 2. The first-order valence-corrected chi connectivity index (χ1v) is 20.3. The summed E-state index contributed by atoms with van der Waals surface area (Å²) in [6.45, 7) is 15.2. The Kier molecular flexibility index (Phi) is 15.5. The zero-order valence-electron chi connectivity index (χ0n) is 33.4. The molecule has 3 N–H and O–H groups in total. The standard InChI is InChI=1S/C42H69N2O8.HI/c1-8-34(46)31(5)39-35(50-39)22-28(2)14-13-15-29(3)38-30(4)18-19-36(41(6,49)21-20-33(45)23-37(47)52-38)51-40(48)43-24-42(25-43)26-44(7,27-42)32-16-11-9-10-12-17-32;/h13-15,18-19,28,30-36,38-39,45-46,49H,8-12,16-17,20-27H2,1-7H3;1H/q+1;/p-1/b14-13+,19-18+,29-15+;/t28-,30+,31-,33-,34+,35-,36+,38-,39-,41-;/m1./s1. The van der Waals surface area contributed by atoms with Gasteiger partial charge in [0.15, 0.2) is 6.10 Å². The molecule has 1 amide bonds. The van der Waals surface area contributed by atoms with E-state index in [-0.39, 0.29) is 84.7 Å². The SMILES string of the molecule is CC[C@H](O)[C@@H](C)[C@H]1O[C@@H]1C[C@H](C)/C=C/C=C(\C)[C@H]1OC(=O)C[C@H](O)CC[C@@](C)(O)[C@@H](OC(=O)N2CC3(C2)C[N+](C)(C2CCCCCC2)C3)/C=C/[C@@H]1C.[I-]. The molecule has 4 fully saturated rings. The van der Waals surface area contributed by atoms with E-state index in [4.69, 9.17) is 14.2 Å². The number of aliphatic hydroxyl groups is 3. The molecule has 5 rings (SSSR count). The zero-order chi connectivity index (χ0) is 37.8. The summed E-state index contributed by atoms with van der Waals surface area (Å²) in [5, 5.41) is 32.5. The van der Waals surface area contributed by atoms with Gasteiger partial charge in [-0.3, -0.25) is 4.79 Å². The lowest BCUT2D eigenvalue weighted by Crippen LogP contribution is -3.00. The van der Waals surface area contributed by atoms with Crippen LogP contribution in [0, 0.1) is 23.2 Å². The first kappa shape index (κ1) is 44.2. The number of aliphatic hydroxyl groups excluding tert-OH is 2. The maximum Gasteiger partial charge on any atom is 0.410 e. The molecule has 0 aromatic carbocycles. The molecule has 3 saturated heterocycles. The third kappa shape index (κ3) is 11.3. The Labute approximate surface area is 336 Å². The predicted molar refractivity (Wildman–Crippen MR) is 201 cm³/mol. The van der Waals surface area contributed by atoms with Crippen molar-refractivity contribution in [1.29, 1.82) is 0 Å². The first-order chi connectivity index (χ1) is 24.5. The Morgan fingerprint density at radius 2 is 1.79 bits per heavy atom. The number of epoxide rings is 1. The van der Waals surface area contributed by atoms with Gasteiger partial charge in [-0.25, -0.2) is 4.79 Å². The zero-order valence-corrected chi connectivity index (χ0v) is 35.6. The summed E-state index contributed by atoms with van der Waals surface area (Å²) in [7, 11) is 2.39. The second-order valence-electron chi connectivity index (χ2n) is 18.0. The number of allylic oxidation sites excluding steroid dienone is 3. The Morgan fingerprint density at radius 1 is 1.13 bits per heavy atom. The van der Waals surface area contributed by atoms with E-state index in [0.29, 0.717) is 13.1 Å². The Morgan fingerprint density at radius 3 is 2.43 bits per heavy atom. The molecule has 4 heterocycles. The molecule has 302 valence electrons. The van der Waals surface area contributed by atoms with Crippen molar-refractivity contribution in [3.8, 4) is 0 Å². The number of ether oxygens (including phenoxy) is 3. The maximum absolute atomic E-state index is 13.5. The summed E-state index contributed by atoms with van der Waals surface area (Å²) in [4.78, 5) is 28.2. The number of hydrogen-bond acceptors (Lipinski definition) is 8. The molecule has 1 aliphatic carbocycles. The van der Waals surface area contributed by atoms with Gasteiger partial charge in [0.2, 0.25) is 0 Å². The fourth-order valence-electron chi connectivity index (χ4n) is 9.69. The largest absolute Gasteiger partial charge is 1.00 e. The lowest BCUT2D eigenvalue weighted by Gasteiger charge is -2.64. The predicted octanol–water partition coefficient (Wildman–Crippen LogP) is 3.08. The van der Waals surface area contributed by atoms with Crippen LogP contribution >= 0.6 is 0 Å². The molecule has 53 heavy (non-hydrogen) atoms. The molecule has 4 aliphatic heterocycles. The van der Waals surface area contributed by atoms with Gasteiger partial charge in [0.25, 0.3) is 0 Å². The molecule has 0 aromatic heterocycles. The number of cyclic esters (lactones) is 1. The van der Waals surface area contributed by atoms with Crippen molar-refractivity contribution in [2.45, 2.75) is 160 Å². The van der Waals surface area contributed by atoms with Crippen LogP contribution in [0.15, 0.2) is 36.0 Å². The van der Waals surface area contributed by atoms with Crippen LogP contribution in [-0.4, -0.2) is 118 Å². The minimum absolute atomic E-state index is 0. The van der Waals surface area contributed by atoms with E-state index in [1.807, 2.05) is 45.9 Å². The van der Waals surface area contributed by atoms with Crippen molar-refractivity contribution in [3.63, 3.8) is 0 Å². The number of halogens is 1. The lowest BCUT2D eigenvalue weighted by atomic mass is 9.70. The van der Waals surface area contributed by atoms with Crippen molar-refractivity contribution < 1.29 is 67.6 Å². The van der Waals surface area contributed by atoms with E-state index in [0.717, 1.165) is 42.0 Å². The van der Waals surface area contributed by atoms with Gasteiger partial charge in [-0.05, 0) is 82.8 Å². The molecule has 5 aliphatic rings. The molecule has 0 radical (unpaired) electrons. The number of amides is 1. The van der Waals surface area contributed by atoms with Crippen LogP contribution in [0.3, 0.4) is 0 Å². The smallest absolute Gasteiger partial charge is 0.410 e. The third-order valence-electron chi connectivity index (χ3n) is 13.0. The fourth-order valence-corrected chi connectivity index (χ4v) is 9.69. The van der Waals surface area contributed by atoms with E-state index in [1.165, 1.54) is 38.5 Å². The highest BCUT2D eigenvalue weighted by Crippen LogP contribution is 2.47. The van der Waals surface area contributed by atoms with Crippen LogP contribution in [0.1, 0.15) is 112 Å². The van der Waals surface area contributed by atoms with E-state index in [9.17, 15) is 24.9 Å². The van der Waals surface area contributed by atoms with E-state index >= 15 is 0 Å². The highest BCUT2D eigenvalue weighted by molar-refractivity contribution is 5.71. The number of quaternary nitrogens is 1. The van der Waals surface area contributed by atoms with Gasteiger partial charge in [0.05, 0.1) is 57.0 Å². The van der Waals surface area contributed by atoms with Gasteiger partial charge in [-0.1, -0.05) is 64.8 Å². The number of esters is 1. The topological polar surface area (TPSA) is 129 Å². The molecule has 10 nitrogen and oxygen atoms in total. The van der Waals surface area contributed by atoms with Crippen molar-refractivity contribution in [2.24, 2.45) is 23.2 Å². The van der Waals surface area contributed by atoms with Gasteiger partial charge < -0.3 is 62.9 Å². The van der Waals surface area contributed by atoms with Gasteiger partial charge >= 0.3 is 12.1 Å². The summed E-state index contributed by atoms with van der Waals surface area (Å²) in [6.07, 6.45) is 16.2. The number of carbonyl (C=O) groups is 2. The summed E-state index contributed by atoms with van der Waals surface area (Å²) >= 11 is 0. The van der Waals surface area contributed by atoms with Crippen molar-refractivity contribution in [3.05, 3.63) is 36.0 Å². The Bertz CT molecular complexity index is 1310. The minimum Gasteiger partial charge on any atom is -1.00 e. The summed E-state index contributed by atoms with van der Waals surface area (Å²) in [5.74, 6) is -0.424. The van der Waals surface area contributed by atoms with Gasteiger partial charge in [-0.2, -0.15) is 0 Å². The number of hydrogen-bond donors (Lipinski definition) is 3. The van der Waals surface area contributed by atoms with Crippen LogP contribution in [0.4, 0.5) is 4.79 Å². The Balaban J connectivity index is 0.00000627. The van der Waals surface area contributed by atoms with Crippen molar-refractivity contribution in [1.82, 2.24) is 4.90 Å². The molecular formula is C42H69IN2O8. The average Bonchev–Trinajstić information content (AvgIpc) is 3.87. The number of rotatable bonds is 10. The second-order valence-corrected chi connectivity index (χ2v) is 18.0. The van der Waals surface area contributed by atoms with E-state index < -0.39 is 36.0 Å². The Hall–Kier alpha value is -1.51. The van der Waals surface area contributed by atoms with Gasteiger partial charge in [0.1, 0.15) is 17.1 Å². The number of likely N-dealkylation sites (tertiary alicyclic amines) is 2. The van der Waals surface area contributed by atoms with Crippen LogP contribution in [0.5, 0.6) is 0 Å². The monoisotopic (exact) mass is 856 g/mol. The van der Waals surface area contributed by atoms with Crippen LogP contribution in [0.2, 0.25) is 0 Å². The minimum atomic E-state index is -1.44. The quantitative estimate of drug-likeness (QED) is 0.0583. The van der Waals surface area contributed by atoms with Crippen LogP contribution in [-0.2, 0) is 19.0 Å². The average molecular weight is 857 g/mol. The molecule has 0 aromatic rings. The number of nitrogens with zero attached hydrogens (tertiary/aromatic N) is 2.